The highest BCUT2D eigenvalue weighted by molar-refractivity contribution is 6.22. The zero-order valence-corrected chi connectivity index (χ0v) is 16.5. The average Bonchev–Trinajstić information content (AvgIpc) is 3.58. The number of benzene rings is 2. The van der Waals surface area contributed by atoms with Gasteiger partial charge in [0.1, 0.15) is 12.0 Å². The van der Waals surface area contributed by atoms with Crippen molar-refractivity contribution < 1.29 is 23.9 Å². The number of carbonyl (C=O) groups is 4. The zero-order valence-electron chi connectivity index (χ0n) is 16.5. The highest BCUT2D eigenvalue weighted by atomic mass is 16.5. The van der Waals surface area contributed by atoms with Crippen LogP contribution >= 0.6 is 0 Å². The van der Waals surface area contributed by atoms with Crippen molar-refractivity contribution in [3.8, 4) is 5.75 Å². The molecule has 31 heavy (non-hydrogen) atoms. The molecule has 0 spiro atoms. The quantitative estimate of drug-likeness (QED) is 0.253. The maximum atomic E-state index is 13.2. The van der Waals surface area contributed by atoms with Crippen LogP contribution in [0.5, 0.6) is 5.75 Å². The molecular formula is C25H19NO5. The van der Waals surface area contributed by atoms with Gasteiger partial charge in [-0.15, -0.1) is 0 Å². The van der Waals surface area contributed by atoms with Crippen LogP contribution in [0, 0.1) is 35.5 Å². The Hall–Kier alpha value is -3.54. The van der Waals surface area contributed by atoms with Crippen LogP contribution in [0.3, 0.4) is 0 Å². The van der Waals surface area contributed by atoms with E-state index in [-0.39, 0.29) is 35.5 Å². The lowest BCUT2D eigenvalue weighted by Crippen LogP contribution is -2.40. The summed E-state index contributed by atoms with van der Waals surface area (Å²) in [6.45, 7) is 0. The SMILES string of the molecule is O=Cc1ccc(OC(=O)c2ccc(N3C(=O)[C@@H]4[C@H]5C=C[C@H]([C@H]6C[C@H]56)[C@@H]4C3=O)cc2)cc1. The third-order valence-corrected chi connectivity index (χ3v) is 7.25. The van der Waals surface area contributed by atoms with Crippen molar-refractivity contribution in [1.82, 2.24) is 0 Å². The van der Waals surface area contributed by atoms with Gasteiger partial charge in [-0.2, -0.15) is 0 Å². The third kappa shape index (κ3) is 2.64. The second-order valence-electron chi connectivity index (χ2n) is 8.79. The predicted molar refractivity (Wildman–Crippen MR) is 110 cm³/mol. The summed E-state index contributed by atoms with van der Waals surface area (Å²) in [5.41, 5.74) is 1.29. The molecule has 2 aromatic carbocycles. The van der Waals surface area contributed by atoms with Gasteiger partial charge in [0.05, 0.1) is 23.1 Å². The maximum absolute atomic E-state index is 13.2. The van der Waals surface area contributed by atoms with Gasteiger partial charge in [0.25, 0.3) is 0 Å². The fraction of sp³-hybridized carbons (Fsp3) is 0.280. The van der Waals surface area contributed by atoms with Gasteiger partial charge in [0.15, 0.2) is 0 Å². The molecule has 2 bridgehead atoms. The number of nitrogens with zero attached hydrogens (tertiary/aromatic N) is 1. The number of hydrogen-bond donors (Lipinski definition) is 0. The average molecular weight is 413 g/mol. The van der Waals surface area contributed by atoms with Gasteiger partial charge in [-0.05, 0) is 78.6 Å². The fourth-order valence-corrected chi connectivity index (χ4v) is 5.74. The molecule has 0 unspecified atom stereocenters. The number of ether oxygens (including phenoxy) is 1. The molecule has 0 aromatic heterocycles. The number of carbonyl (C=O) groups excluding carboxylic acids is 4. The topological polar surface area (TPSA) is 80.8 Å². The minimum atomic E-state index is -0.555. The van der Waals surface area contributed by atoms with Crippen molar-refractivity contribution in [2.45, 2.75) is 6.42 Å². The molecule has 1 heterocycles. The van der Waals surface area contributed by atoms with E-state index in [9.17, 15) is 19.2 Å². The van der Waals surface area contributed by atoms with E-state index in [1.54, 1.807) is 48.5 Å². The molecule has 1 aliphatic heterocycles. The Kier molecular flexibility index (Phi) is 3.81. The van der Waals surface area contributed by atoms with Gasteiger partial charge >= 0.3 is 5.97 Å². The van der Waals surface area contributed by atoms with Crippen LogP contribution in [-0.4, -0.2) is 24.1 Å². The second kappa shape index (κ2) is 6.48. The van der Waals surface area contributed by atoms with Crippen LogP contribution < -0.4 is 9.64 Å². The third-order valence-electron chi connectivity index (χ3n) is 7.25. The summed E-state index contributed by atoms with van der Waals surface area (Å²) >= 11 is 0. The number of rotatable bonds is 4. The Balaban J connectivity index is 1.21. The molecular weight excluding hydrogens is 394 g/mol. The van der Waals surface area contributed by atoms with Gasteiger partial charge in [-0.3, -0.25) is 19.3 Å². The zero-order chi connectivity index (χ0) is 21.3. The standard InChI is InChI=1S/C25H19NO5/c27-12-13-1-7-16(8-2-13)31-25(30)14-3-5-15(6-4-14)26-23(28)21-17-9-10-18(20-11-19(17)20)22(21)24(26)29/h1-10,12,17-22H,11H2/t17-,18+,19-,20-,21+,22-/m1/s1. The van der Waals surface area contributed by atoms with Crippen LogP contribution in [0.1, 0.15) is 27.1 Å². The Morgan fingerprint density at radius 3 is 2.00 bits per heavy atom. The van der Waals surface area contributed by atoms with Crippen molar-refractivity contribution >= 4 is 29.8 Å². The van der Waals surface area contributed by atoms with Gasteiger partial charge < -0.3 is 4.74 Å². The monoisotopic (exact) mass is 413 g/mol. The number of imide groups is 1. The first-order valence-corrected chi connectivity index (χ1v) is 10.5. The first-order chi connectivity index (χ1) is 15.1. The number of amides is 2. The summed E-state index contributed by atoms with van der Waals surface area (Å²) in [5, 5.41) is 0. The molecule has 6 nitrogen and oxygen atoms in total. The lowest BCUT2D eigenvalue weighted by Gasteiger charge is -2.37. The highest BCUT2D eigenvalue weighted by Crippen LogP contribution is 2.65. The largest absolute Gasteiger partial charge is 0.423 e. The Morgan fingerprint density at radius 1 is 0.871 bits per heavy atom. The molecule has 154 valence electrons. The second-order valence-corrected chi connectivity index (χ2v) is 8.79. The molecule has 5 aliphatic rings. The van der Waals surface area contributed by atoms with Crippen molar-refractivity contribution in [2.75, 3.05) is 4.90 Å². The molecule has 6 heteroatoms. The summed E-state index contributed by atoms with van der Waals surface area (Å²) in [5.74, 6) is 0.528. The van der Waals surface area contributed by atoms with Crippen LogP contribution in [0.25, 0.3) is 0 Å². The number of esters is 1. The van der Waals surface area contributed by atoms with E-state index in [2.05, 4.69) is 12.2 Å². The van der Waals surface area contributed by atoms with E-state index in [4.69, 9.17) is 4.74 Å². The Morgan fingerprint density at radius 2 is 1.45 bits per heavy atom. The minimum absolute atomic E-state index is 0.120. The van der Waals surface area contributed by atoms with E-state index in [0.717, 1.165) is 6.42 Å². The highest BCUT2D eigenvalue weighted by Gasteiger charge is 2.67. The summed E-state index contributed by atoms with van der Waals surface area (Å²) in [7, 11) is 0. The first-order valence-electron chi connectivity index (χ1n) is 10.5. The molecule has 0 radical (unpaired) electrons. The smallest absolute Gasteiger partial charge is 0.343 e. The molecule has 3 fully saturated rings. The van der Waals surface area contributed by atoms with Crippen LogP contribution in [0.2, 0.25) is 0 Å². The normalized spacial score (nSPS) is 31.9. The Labute approximate surface area is 178 Å². The first kappa shape index (κ1) is 18.2. The minimum Gasteiger partial charge on any atom is -0.423 e. The van der Waals surface area contributed by atoms with Gasteiger partial charge in [0, 0.05) is 5.56 Å². The van der Waals surface area contributed by atoms with Crippen LogP contribution in [0.15, 0.2) is 60.7 Å². The Bertz CT molecular complexity index is 1110. The maximum Gasteiger partial charge on any atom is 0.343 e. The number of aldehydes is 1. The van der Waals surface area contributed by atoms with Crippen LogP contribution in [-0.2, 0) is 9.59 Å². The molecule has 7 rings (SSSR count). The number of hydrogen-bond acceptors (Lipinski definition) is 5. The molecule has 0 N–H and O–H groups in total. The number of anilines is 1. The number of allylic oxidation sites excluding steroid dienone is 2. The van der Waals surface area contributed by atoms with Crippen molar-refractivity contribution in [2.24, 2.45) is 35.5 Å². The van der Waals surface area contributed by atoms with Crippen molar-refractivity contribution in [1.29, 1.82) is 0 Å². The summed E-state index contributed by atoms with van der Waals surface area (Å²) in [4.78, 5) is 50.8. The van der Waals surface area contributed by atoms with E-state index in [1.807, 2.05) is 0 Å². The van der Waals surface area contributed by atoms with Gasteiger partial charge in [-0.1, -0.05) is 12.2 Å². The van der Waals surface area contributed by atoms with E-state index in [1.165, 1.54) is 4.90 Å². The molecule has 1 saturated heterocycles. The summed E-state index contributed by atoms with van der Waals surface area (Å²) < 4.78 is 5.33. The fourth-order valence-electron chi connectivity index (χ4n) is 5.74. The molecule has 4 aliphatic carbocycles. The van der Waals surface area contributed by atoms with Crippen molar-refractivity contribution in [3.63, 3.8) is 0 Å². The molecule has 2 saturated carbocycles. The molecule has 2 aromatic rings. The van der Waals surface area contributed by atoms with Gasteiger partial charge in [-0.25, -0.2) is 4.79 Å². The van der Waals surface area contributed by atoms with E-state index >= 15 is 0 Å². The van der Waals surface area contributed by atoms with E-state index in [0.29, 0.717) is 40.7 Å². The predicted octanol–water partition coefficient (Wildman–Crippen LogP) is 3.28. The van der Waals surface area contributed by atoms with Crippen LogP contribution in [0.4, 0.5) is 5.69 Å². The lowest BCUT2D eigenvalue weighted by molar-refractivity contribution is -0.124. The summed E-state index contributed by atoms with van der Waals surface area (Å²) in [6, 6.07) is 12.6. The molecule has 6 atom stereocenters. The lowest BCUT2D eigenvalue weighted by atomic mass is 9.63. The van der Waals surface area contributed by atoms with E-state index < -0.39 is 5.97 Å². The van der Waals surface area contributed by atoms with Crippen molar-refractivity contribution in [3.05, 3.63) is 71.8 Å². The van der Waals surface area contributed by atoms with Gasteiger partial charge in [0.2, 0.25) is 11.8 Å². The summed E-state index contributed by atoms with van der Waals surface area (Å²) in [6.07, 6.45) is 6.14. The molecule has 2 amide bonds.